The van der Waals surface area contributed by atoms with Crippen molar-refractivity contribution in [3.8, 4) is 11.5 Å². The van der Waals surface area contributed by atoms with E-state index >= 15 is 0 Å². The predicted octanol–water partition coefficient (Wildman–Crippen LogP) is 3.35. The number of nitrogens with zero attached hydrogens (tertiary/aromatic N) is 1. The van der Waals surface area contributed by atoms with Crippen LogP contribution in [0.3, 0.4) is 0 Å². The molecule has 0 saturated carbocycles. The Hall–Kier alpha value is -1.62. The molecule has 1 aromatic heterocycles. The standard InChI is InChI=1S/C17H25NO4/c1-12-8-10-22-13(11-12)5-3-4-6-14(19)16-17(20)15(21-2)7-9-18-16/h7,9,12-13,20H,3-6,8,10-11H2,1-2H3. The maximum atomic E-state index is 12.1. The summed E-state index contributed by atoms with van der Waals surface area (Å²) < 4.78 is 10.7. The molecule has 1 aromatic rings. The van der Waals surface area contributed by atoms with Crippen LogP contribution >= 0.6 is 0 Å². The van der Waals surface area contributed by atoms with Crippen molar-refractivity contribution < 1.29 is 19.4 Å². The third kappa shape index (κ3) is 4.44. The minimum absolute atomic E-state index is 0.0990. The normalized spacial score (nSPS) is 21.5. The second-order valence-corrected chi connectivity index (χ2v) is 6.00. The van der Waals surface area contributed by atoms with E-state index in [-0.39, 0.29) is 23.0 Å². The lowest BCUT2D eigenvalue weighted by molar-refractivity contribution is -0.0105. The van der Waals surface area contributed by atoms with Crippen molar-refractivity contribution in [2.75, 3.05) is 13.7 Å². The number of rotatable bonds is 7. The van der Waals surface area contributed by atoms with E-state index in [2.05, 4.69) is 11.9 Å². The molecule has 2 unspecified atom stereocenters. The molecule has 1 fully saturated rings. The van der Waals surface area contributed by atoms with E-state index in [1.807, 2.05) is 0 Å². The van der Waals surface area contributed by atoms with Crippen LogP contribution in [0, 0.1) is 5.92 Å². The van der Waals surface area contributed by atoms with Crippen LogP contribution < -0.4 is 4.74 Å². The van der Waals surface area contributed by atoms with E-state index in [1.165, 1.54) is 19.4 Å². The second-order valence-electron chi connectivity index (χ2n) is 6.00. The van der Waals surface area contributed by atoms with Crippen LogP contribution in [0.1, 0.15) is 55.9 Å². The molecule has 1 aliphatic rings. The topological polar surface area (TPSA) is 68.7 Å². The molecule has 0 bridgehead atoms. The first kappa shape index (κ1) is 16.7. The van der Waals surface area contributed by atoms with Crippen molar-refractivity contribution in [3.63, 3.8) is 0 Å². The fourth-order valence-corrected chi connectivity index (χ4v) is 2.85. The summed E-state index contributed by atoms with van der Waals surface area (Å²) in [6.07, 6.45) is 7.19. The monoisotopic (exact) mass is 307 g/mol. The van der Waals surface area contributed by atoms with Crippen molar-refractivity contribution in [1.29, 1.82) is 0 Å². The van der Waals surface area contributed by atoms with Gasteiger partial charge < -0.3 is 14.6 Å². The number of methoxy groups -OCH3 is 1. The molecule has 5 heteroatoms. The lowest BCUT2D eigenvalue weighted by Crippen LogP contribution is -2.24. The van der Waals surface area contributed by atoms with Gasteiger partial charge in [0, 0.05) is 25.3 Å². The van der Waals surface area contributed by atoms with Gasteiger partial charge in [0.05, 0.1) is 13.2 Å². The Morgan fingerprint density at radius 2 is 2.32 bits per heavy atom. The number of aromatic hydroxyl groups is 1. The summed E-state index contributed by atoms with van der Waals surface area (Å²) in [7, 11) is 1.45. The summed E-state index contributed by atoms with van der Waals surface area (Å²) in [5.41, 5.74) is 0.0990. The van der Waals surface area contributed by atoms with Crippen LogP contribution in [0.5, 0.6) is 11.5 Å². The van der Waals surface area contributed by atoms with Crippen LogP contribution in [0.2, 0.25) is 0 Å². The summed E-state index contributed by atoms with van der Waals surface area (Å²) in [6, 6.07) is 1.54. The predicted molar refractivity (Wildman–Crippen MR) is 83.4 cm³/mol. The number of Topliss-reactive ketones (excluding diaryl/α,β-unsaturated/α-hetero) is 1. The number of ketones is 1. The highest BCUT2D eigenvalue weighted by molar-refractivity contribution is 5.97. The van der Waals surface area contributed by atoms with Gasteiger partial charge in [-0.05, 0) is 31.6 Å². The first-order chi connectivity index (χ1) is 10.6. The average molecular weight is 307 g/mol. The molecule has 2 atom stereocenters. The number of pyridine rings is 1. The molecule has 1 aliphatic heterocycles. The zero-order chi connectivity index (χ0) is 15.9. The Kier molecular flexibility index (Phi) is 6.19. The lowest BCUT2D eigenvalue weighted by Gasteiger charge is -2.27. The maximum absolute atomic E-state index is 12.1. The first-order valence-electron chi connectivity index (χ1n) is 7.98. The summed E-state index contributed by atoms with van der Waals surface area (Å²) in [4.78, 5) is 16.1. The Labute approximate surface area is 131 Å². The Morgan fingerprint density at radius 3 is 3.05 bits per heavy atom. The van der Waals surface area contributed by atoms with Gasteiger partial charge in [-0.15, -0.1) is 0 Å². The van der Waals surface area contributed by atoms with Gasteiger partial charge in [-0.3, -0.25) is 4.79 Å². The zero-order valence-corrected chi connectivity index (χ0v) is 13.4. The van der Waals surface area contributed by atoms with Crippen molar-refractivity contribution in [1.82, 2.24) is 4.98 Å². The SMILES string of the molecule is COc1ccnc(C(=O)CCCCC2CC(C)CCO2)c1O. The number of carbonyl (C=O) groups is 1. The van der Waals surface area contributed by atoms with Crippen LogP contribution in [0.4, 0.5) is 0 Å². The Morgan fingerprint density at radius 1 is 1.50 bits per heavy atom. The third-order valence-corrected chi connectivity index (χ3v) is 4.18. The van der Waals surface area contributed by atoms with Gasteiger partial charge in [-0.1, -0.05) is 13.3 Å². The molecule has 5 nitrogen and oxygen atoms in total. The van der Waals surface area contributed by atoms with E-state index in [0.29, 0.717) is 12.5 Å². The third-order valence-electron chi connectivity index (χ3n) is 4.18. The highest BCUT2D eigenvalue weighted by atomic mass is 16.5. The smallest absolute Gasteiger partial charge is 0.187 e. The summed E-state index contributed by atoms with van der Waals surface area (Å²) in [6.45, 7) is 3.11. The largest absolute Gasteiger partial charge is 0.503 e. The van der Waals surface area contributed by atoms with Gasteiger partial charge in [0.2, 0.25) is 0 Å². The van der Waals surface area contributed by atoms with Crippen LogP contribution in [-0.2, 0) is 4.74 Å². The van der Waals surface area contributed by atoms with Gasteiger partial charge >= 0.3 is 0 Å². The molecule has 2 rings (SSSR count). The number of hydrogen-bond donors (Lipinski definition) is 1. The van der Waals surface area contributed by atoms with Crippen molar-refractivity contribution in [2.45, 2.75) is 51.6 Å². The number of ether oxygens (including phenoxy) is 2. The molecule has 0 aliphatic carbocycles. The maximum Gasteiger partial charge on any atom is 0.187 e. The van der Waals surface area contributed by atoms with E-state index in [0.717, 1.165) is 44.6 Å². The first-order valence-corrected chi connectivity index (χ1v) is 7.98. The second kappa shape index (κ2) is 8.13. The zero-order valence-electron chi connectivity index (χ0n) is 13.4. The summed E-state index contributed by atoms with van der Waals surface area (Å²) in [5, 5.41) is 9.92. The van der Waals surface area contributed by atoms with Gasteiger partial charge in [-0.2, -0.15) is 0 Å². The highest BCUT2D eigenvalue weighted by Gasteiger charge is 2.20. The Balaban J connectivity index is 1.76. The molecule has 1 saturated heterocycles. The van der Waals surface area contributed by atoms with Gasteiger partial charge in [0.25, 0.3) is 0 Å². The lowest BCUT2D eigenvalue weighted by atomic mass is 9.94. The molecule has 0 amide bonds. The molecule has 0 aromatic carbocycles. The average Bonchev–Trinajstić information content (AvgIpc) is 2.51. The molecule has 22 heavy (non-hydrogen) atoms. The minimum atomic E-state index is -0.167. The number of carbonyl (C=O) groups excluding carboxylic acids is 1. The molecular weight excluding hydrogens is 282 g/mol. The number of unbranched alkanes of at least 4 members (excludes halogenated alkanes) is 1. The summed E-state index contributed by atoms with van der Waals surface area (Å²) >= 11 is 0. The fourth-order valence-electron chi connectivity index (χ4n) is 2.85. The van der Waals surface area contributed by atoms with Crippen molar-refractivity contribution in [2.24, 2.45) is 5.92 Å². The van der Waals surface area contributed by atoms with E-state index in [9.17, 15) is 9.90 Å². The highest BCUT2D eigenvalue weighted by Crippen LogP contribution is 2.29. The molecule has 0 radical (unpaired) electrons. The van der Waals surface area contributed by atoms with Gasteiger partial charge in [-0.25, -0.2) is 4.98 Å². The van der Waals surface area contributed by atoms with Crippen LogP contribution in [0.25, 0.3) is 0 Å². The molecule has 0 spiro atoms. The molecule has 1 N–H and O–H groups in total. The quantitative estimate of drug-likeness (QED) is 0.618. The Bertz CT molecular complexity index is 503. The van der Waals surface area contributed by atoms with Crippen molar-refractivity contribution in [3.05, 3.63) is 18.0 Å². The van der Waals surface area contributed by atoms with E-state index < -0.39 is 0 Å². The van der Waals surface area contributed by atoms with E-state index in [4.69, 9.17) is 9.47 Å². The number of aromatic nitrogens is 1. The molecule has 122 valence electrons. The number of hydrogen-bond acceptors (Lipinski definition) is 5. The summed E-state index contributed by atoms with van der Waals surface area (Å²) in [5.74, 6) is 0.704. The minimum Gasteiger partial charge on any atom is -0.503 e. The fraction of sp³-hybridized carbons (Fsp3) is 0.647. The van der Waals surface area contributed by atoms with Crippen LogP contribution in [0.15, 0.2) is 12.3 Å². The van der Waals surface area contributed by atoms with E-state index in [1.54, 1.807) is 0 Å². The van der Waals surface area contributed by atoms with Crippen LogP contribution in [-0.4, -0.2) is 35.7 Å². The molecule has 2 heterocycles. The molecular formula is C17H25NO4. The van der Waals surface area contributed by atoms with Gasteiger partial charge in [0.1, 0.15) is 0 Å². The van der Waals surface area contributed by atoms with Crippen molar-refractivity contribution >= 4 is 5.78 Å². The van der Waals surface area contributed by atoms with Gasteiger partial charge in [0.15, 0.2) is 23.0 Å².